The number of hydrogen-bond donors (Lipinski definition) is 3. The zero-order valence-electron chi connectivity index (χ0n) is 21.4. The first-order chi connectivity index (χ1) is 16.9. The molecule has 3 aromatic rings. The molecule has 3 aromatic carbocycles. The highest BCUT2D eigenvalue weighted by molar-refractivity contribution is 6.30. The minimum atomic E-state index is -0.302. The standard InChI is InChI=1S/C20H25N3O2.C7H7Cl.C2H6.CH4/c1-13-19-11-16(7-6-15(19)12-22-13)23-20(24)18(8-9-21)14-4-3-5-17(10-14)25-2;1-6-3-2-4-7(8)5-6;1-2;/h3-7,10-11,13,18,22H,8-9,12,21H2,1-2H3,(H,23,24);2-5H,1H3;1-2H3;1H4. The first-order valence-electron chi connectivity index (χ1n) is 12.1. The lowest BCUT2D eigenvalue weighted by molar-refractivity contribution is -0.117. The molecule has 1 aliphatic heterocycles. The summed E-state index contributed by atoms with van der Waals surface area (Å²) in [7, 11) is 1.62. The van der Waals surface area contributed by atoms with Crippen molar-refractivity contribution < 1.29 is 9.53 Å². The molecule has 0 bridgehead atoms. The number of anilines is 1. The van der Waals surface area contributed by atoms with Crippen LogP contribution in [0.4, 0.5) is 5.69 Å². The van der Waals surface area contributed by atoms with Gasteiger partial charge in [-0.05, 0) is 85.5 Å². The Hall–Kier alpha value is -2.86. The average molecular weight is 512 g/mol. The molecular formula is C30H42ClN3O2. The lowest BCUT2D eigenvalue weighted by Gasteiger charge is -2.18. The summed E-state index contributed by atoms with van der Waals surface area (Å²) in [4.78, 5) is 12.9. The number of benzene rings is 3. The highest BCUT2D eigenvalue weighted by atomic mass is 35.5. The molecule has 0 aromatic heterocycles. The number of methoxy groups -OCH3 is 1. The fourth-order valence-corrected chi connectivity index (χ4v) is 4.16. The summed E-state index contributed by atoms with van der Waals surface area (Å²) >= 11 is 5.64. The predicted octanol–water partition coefficient (Wildman–Crippen LogP) is 7.24. The fourth-order valence-electron chi connectivity index (χ4n) is 3.92. The number of carbonyl (C=O) groups is 1. The predicted molar refractivity (Wildman–Crippen MR) is 154 cm³/mol. The molecule has 1 aliphatic rings. The quantitative estimate of drug-likeness (QED) is 0.326. The van der Waals surface area contributed by atoms with Crippen molar-refractivity contribution in [3.8, 4) is 5.75 Å². The van der Waals surface area contributed by atoms with E-state index in [0.717, 1.165) is 28.6 Å². The van der Waals surface area contributed by atoms with Gasteiger partial charge in [0.25, 0.3) is 0 Å². The summed E-state index contributed by atoms with van der Waals surface area (Å²) in [6.07, 6.45) is 0.585. The molecule has 1 amide bonds. The zero-order chi connectivity index (χ0) is 25.8. The number of rotatable bonds is 6. The van der Waals surface area contributed by atoms with Crippen LogP contribution in [-0.4, -0.2) is 19.6 Å². The molecule has 36 heavy (non-hydrogen) atoms. The Kier molecular flexibility index (Phi) is 13.9. The van der Waals surface area contributed by atoms with E-state index >= 15 is 0 Å². The Morgan fingerprint density at radius 3 is 2.47 bits per heavy atom. The lowest BCUT2D eigenvalue weighted by atomic mass is 9.94. The van der Waals surface area contributed by atoms with Gasteiger partial charge in [0.2, 0.25) is 5.91 Å². The Morgan fingerprint density at radius 2 is 1.86 bits per heavy atom. The van der Waals surface area contributed by atoms with Gasteiger partial charge in [-0.3, -0.25) is 4.79 Å². The van der Waals surface area contributed by atoms with Crippen molar-refractivity contribution >= 4 is 23.2 Å². The molecular weight excluding hydrogens is 470 g/mol. The van der Waals surface area contributed by atoms with Crippen LogP contribution in [0.2, 0.25) is 5.02 Å². The number of ether oxygens (including phenoxy) is 1. The fraction of sp³-hybridized carbons (Fsp3) is 0.367. The molecule has 0 saturated carbocycles. The summed E-state index contributed by atoms with van der Waals surface area (Å²) in [5.41, 5.74) is 11.2. The second kappa shape index (κ2) is 16.0. The van der Waals surface area contributed by atoms with Crippen LogP contribution >= 0.6 is 11.6 Å². The van der Waals surface area contributed by atoms with Crippen molar-refractivity contribution in [3.63, 3.8) is 0 Å². The summed E-state index contributed by atoms with van der Waals surface area (Å²) in [5.74, 6) is 0.394. The Balaban J connectivity index is 0.000000499. The lowest BCUT2D eigenvalue weighted by Crippen LogP contribution is -2.23. The highest BCUT2D eigenvalue weighted by Gasteiger charge is 2.22. The average Bonchev–Trinajstić information content (AvgIpc) is 3.24. The number of hydrogen-bond acceptors (Lipinski definition) is 4. The van der Waals surface area contributed by atoms with Gasteiger partial charge in [-0.2, -0.15) is 0 Å². The van der Waals surface area contributed by atoms with Crippen LogP contribution in [0, 0.1) is 6.92 Å². The van der Waals surface area contributed by atoms with Gasteiger partial charge in [0.15, 0.2) is 0 Å². The number of carbonyl (C=O) groups excluding carboxylic acids is 1. The minimum Gasteiger partial charge on any atom is -0.497 e. The summed E-state index contributed by atoms with van der Waals surface area (Å²) < 4.78 is 5.27. The summed E-state index contributed by atoms with van der Waals surface area (Å²) in [6.45, 7) is 9.47. The number of amides is 1. The Morgan fingerprint density at radius 1 is 1.14 bits per heavy atom. The molecule has 0 aliphatic carbocycles. The molecule has 2 unspecified atom stereocenters. The van der Waals surface area contributed by atoms with Crippen molar-refractivity contribution in [2.24, 2.45) is 5.73 Å². The van der Waals surface area contributed by atoms with Crippen molar-refractivity contribution in [3.05, 3.63) is 94.0 Å². The molecule has 0 fully saturated rings. The van der Waals surface area contributed by atoms with Gasteiger partial charge in [0, 0.05) is 23.3 Å². The number of halogens is 1. The maximum atomic E-state index is 12.9. The number of aryl methyl sites for hydroxylation is 1. The molecule has 2 atom stereocenters. The van der Waals surface area contributed by atoms with Crippen LogP contribution in [-0.2, 0) is 11.3 Å². The van der Waals surface area contributed by atoms with Gasteiger partial charge in [-0.15, -0.1) is 0 Å². The van der Waals surface area contributed by atoms with Crippen molar-refractivity contribution in [1.29, 1.82) is 0 Å². The molecule has 0 spiro atoms. The van der Waals surface area contributed by atoms with Gasteiger partial charge in [-0.25, -0.2) is 0 Å². The van der Waals surface area contributed by atoms with Crippen molar-refractivity contribution in [2.45, 2.75) is 60.0 Å². The minimum absolute atomic E-state index is 0. The maximum absolute atomic E-state index is 12.9. The monoisotopic (exact) mass is 511 g/mol. The van der Waals surface area contributed by atoms with E-state index < -0.39 is 0 Å². The molecule has 196 valence electrons. The van der Waals surface area contributed by atoms with Crippen LogP contribution in [0.1, 0.15) is 68.8 Å². The summed E-state index contributed by atoms with van der Waals surface area (Å²) in [6, 6.07) is 21.8. The number of nitrogens with one attached hydrogen (secondary N) is 2. The van der Waals surface area contributed by atoms with Gasteiger partial charge in [0.1, 0.15) is 5.75 Å². The van der Waals surface area contributed by atoms with E-state index in [4.69, 9.17) is 22.1 Å². The first-order valence-corrected chi connectivity index (χ1v) is 12.5. The Bertz CT molecular complexity index is 1070. The number of fused-ring (bicyclic) bond motifs is 1. The van der Waals surface area contributed by atoms with E-state index in [0.29, 0.717) is 19.0 Å². The van der Waals surface area contributed by atoms with Crippen molar-refractivity contribution in [1.82, 2.24) is 5.32 Å². The van der Waals surface area contributed by atoms with E-state index in [-0.39, 0.29) is 19.3 Å². The SMILES string of the molecule is C.CC.COc1cccc(C(CCN)C(=O)Nc2ccc3c(c2)C(C)NC3)c1.Cc1cccc(Cl)c1. The Labute approximate surface area is 222 Å². The largest absolute Gasteiger partial charge is 0.497 e. The smallest absolute Gasteiger partial charge is 0.231 e. The maximum Gasteiger partial charge on any atom is 0.231 e. The van der Waals surface area contributed by atoms with Gasteiger partial charge >= 0.3 is 0 Å². The van der Waals surface area contributed by atoms with E-state index in [1.807, 2.05) is 75.4 Å². The van der Waals surface area contributed by atoms with Crippen LogP contribution in [0.3, 0.4) is 0 Å². The van der Waals surface area contributed by atoms with Crippen LogP contribution in [0.5, 0.6) is 5.75 Å². The molecule has 4 N–H and O–H groups in total. The third-order valence-electron chi connectivity index (χ3n) is 5.73. The van der Waals surface area contributed by atoms with E-state index in [1.54, 1.807) is 7.11 Å². The van der Waals surface area contributed by atoms with Crippen LogP contribution < -0.4 is 21.1 Å². The number of nitrogens with two attached hydrogens (primary N) is 1. The van der Waals surface area contributed by atoms with Gasteiger partial charge < -0.3 is 21.1 Å². The van der Waals surface area contributed by atoms with E-state index in [1.165, 1.54) is 16.7 Å². The van der Waals surface area contributed by atoms with Crippen molar-refractivity contribution in [2.75, 3.05) is 19.0 Å². The third-order valence-corrected chi connectivity index (χ3v) is 5.96. The van der Waals surface area contributed by atoms with Gasteiger partial charge in [-0.1, -0.05) is 63.2 Å². The zero-order valence-corrected chi connectivity index (χ0v) is 22.2. The van der Waals surface area contributed by atoms with Crippen LogP contribution in [0.25, 0.3) is 0 Å². The second-order valence-corrected chi connectivity index (χ2v) is 8.65. The molecule has 6 heteroatoms. The van der Waals surface area contributed by atoms with E-state index in [2.05, 4.69) is 29.7 Å². The normalized spacial score (nSPS) is 14.0. The second-order valence-electron chi connectivity index (χ2n) is 8.21. The highest BCUT2D eigenvalue weighted by Crippen LogP contribution is 2.29. The third kappa shape index (κ3) is 8.98. The van der Waals surface area contributed by atoms with Crippen LogP contribution in [0.15, 0.2) is 66.7 Å². The molecule has 0 radical (unpaired) electrons. The molecule has 0 saturated heterocycles. The van der Waals surface area contributed by atoms with Gasteiger partial charge in [0.05, 0.1) is 13.0 Å². The topological polar surface area (TPSA) is 76.4 Å². The molecule has 5 nitrogen and oxygen atoms in total. The first kappa shape index (κ1) is 31.2. The summed E-state index contributed by atoms with van der Waals surface area (Å²) in [5, 5.41) is 7.26. The molecule has 1 heterocycles. The van der Waals surface area contributed by atoms with E-state index in [9.17, 15) is 4.79 Å². The molecule has 4 rings (SSSR count).